The Morgan fingerprint density at radius 1 is 0.927 bits per heavy atom. The third kappa shape index (κ3) is 5.30. The molecule has 11 heteroatoms. The molecule has 3 aliphatic heterocycles. The highest BCUT2D eigenvalue weighted by Gasteiger charge is 2.35. The summed E-state index contributed by atoms with van der Waals surface area (Å²) < 4.78 is 7.98. The van der Waals surface area contributed by atoms with Crippen LogP contribution in [0.5, 0.6) is 0 Å². The lowest BCUT2D eigenvalue weighted by molar-refractivity contribution is 0.0303. The van der Waals surface area contributed by atoms with Gasteiger partial charge in [0.15, 0.2) is 11.5 Å². The summed E-state index contributed by atoms with van der Waals surface area (Å²) in [7, 11) is 0. The summed E-state index contributed by atoms with van der Waals surface area (Å²) in [5, 5.41) is 14.7. The van der Waals surface area contributed by atoms with Crippen LogP contribution in [0.2, 0.25) is 0 Å². The molecule has 4 aromatic rings. The van der Waals surface area contributed by atoms with Gasteiger partial charge < -0.3 is 30.5 Å². The second-order valence-corrected chi connectivity index (χ2v) is 10.9. The number of aryl methyl sites for hydroxylation is 1. The number of carbonyl (C=O) groups is 1. The summed E-state index contributed by atoms with van der Waals surface area (Å²) >= 11 is 0. The fourth-order valence-corrected chi connectivity index (χ4v) is 6.00. The number of piperazine rings is 1. The van der Waals surface area contributed by atoms with Crippen molar-refractivity contribution < 1.29 is 9.53 Å². The van der Waals surface area contributed by atoms with E-state index in [-0.39, 0.29) is 18.2 Å². The highest BCUT2D eigenvalue weighted by Crippen LogP contribution is 2.34. The van der Waals surface area contributed by atoms with E-state index in [9.17, 15) is 4.79 Å². The molecule has 3 fully saturated rings. The van der Waals surface area contributed by atoms with Gasteiger partial charge in [0.2, 0.25) is 0 Å². The minimum atomic E-state index is -0.290. The minimum Gasteiger partial charge on any atom is -0.371 e. The number of nitrogens with zero attached hydrogens (tertiary/aromatic N) is 6. The van der Waals surface area contributed by atoms with Gasteiger partial charge in [-0.25, -0.2) is 19.4 Å². The van der Waals surface area contributed by atoms with Crippen LogP contribution in [-0.4, -0.2) is 77.3 Å². The average molecular weight is 554 g/mol. The molecule has 0 saturated carbocycles. The number of nitrogens with one attached hydrogen (secondary N) is 3. The molecule has 2 amide bonds. The fourth-order valence-electron chi connectivity index (χ4n) is 6.00. The van der Waals surface area contributed by atoms with Gasteiger partial charge in [-0.3, -0.25) is 0 Å². The Morgan fingerprint density at radius 2 is 1.59 bits per heavy atom. The Kier molecular flexibility index (Phi) is 6.89. The molecule has 41 heavy (non-hydrogen) atoms. The molecule has 0 spiro atoms. The number of rotatable bonds is 6. The monoisotopic (exact) mass is 553 g/mol. The van der Waals surface area contributed by atoms with Crippen LogP contribution in [0.15, 0.2) is 54.7 Å². The molecule has 2 bridgehead atoms. The van der Waals surface area contributed by atoms with Gasteiger partial charge in [0, 0.05) is 68.4 Å². The van der Waals surface area contributed by atoms with Crippen LogP contribution in [0.25, 0.3) is 22.4 Å². The van der Waals surface area contributed by atoms with Gasteiger partial charge in [-0.15, -0.1) is 0 Å². The fraction of sp³-hybridized carbons (Fsp3) is 0.400. The van der Waals surface area contributed by atoms with Gasteiger partial charge in [-0.2, -0.15) is 5.10 Å². The third-order valence-electron chi connectivity index (χ3n) is 8.13. The van der Waals surface area contributed by atoms with Gasteiger partial charge >= 0.3 is 6.03 Å². The van der Waals surface area contributed by atoms with Crippen molar-refractivity contribution in [3.8, 4) is 11.4 Å². The van der Waals surface area contributed by atoms with Crippen molar-refractivity contribution in [3.05, 3.63) is 54.7 Å². The number of hydrogen-bond donors (Lipinski definition) is 3. The molecule has 2 aromatic heterocycles. The first-order valence-corrected chi connectivity index (χ1v) is 14.5. The largest absolute Gasteiger partial charge is 0.371 e. The predicted octanol–water partition coefficient (Wildman–Crippen LogP) is 3.93. The van der Waals surface area contributed by atoms with E-state index in [4.69, 9.17) is 14.7 Å². The van der Waals surface area contributed by atoms with Crippen molar-refractivity contribution in [2.45, 2.75) is 38.5 Å². The molecule has 3 aliphatic rings. The molecular formula is C30H35N9O2. The first-order valence-electron chi connectivity index (χ1n) is 14.5. The third-order valence-corrected chi connectivity index (χ3v) is 8.13. The number of benzene rings is 2. The number of ether oxygens (including phenoxy) is 1. The standard InChI is InChI=1S/C30H35N9O2/c1-2-39-29-26(17-32-39)28(38-18-24-11-12-25(19-38)41-24)35-27(36-29)20-3-5-21(6-4-20)33-30(40)34-22-7-9-23(10-8-22)37-15-13-31-14-16-37/h3-10,17,24-25,31H,2,11-16,18-19H2,1H3,(H2,33,34,40). The van der Waals surface area contributed by atoms with Crippen LogP contribution in [0, 0.1) is 0 Å². The van der Waals surface area contributed by atoms with Crippen LogP contribution in [0.1, 0.15) is 19.8 Å². The number of carbonyl (C=O) groups excluding carboxylic acids is 1. The van der Waals surface area contributed by atoms with E-state index in [2.05, 4.69) is 37.8 Å². The highest BCUT2D eigenvalue weighted by molar-refractivity contribution is 6.00. The van der Waals surface area contributed by atoms with Crippen LogP contribution >= 0.6 is 0 Å². The van der Waals surface area contributed by atoms with Gasteiger partial charge in [0.1, 0.15) is 5.82 Å². The van der Waals surface area contributed by atoms with E-state index in [1.807, 2.05) is 59.4 Å². The van der Waals surface area contributed by atoms with E-state index in [1.165, 1.54) is 5.69 Å². The normalized spacial score (nSPS) is 20.4. The summed E-state index contributed by atoms with van der Waals surface area (Å²) in [5.74, 6) is 1.55. The molecule has 0 radical (unpaired) electrons. The minimum absolute atomic E-state index is 0.255. The first kappa shape index (κ1) is 25.7. The molecule has 2 atom stereocenters. The van der Waals surface area contributed by atoms with E-state index in [0.29, 0.717) is 11.5 Å². The topological polar surface area (TPSA) is 112 Å². The van der Waals surface area contributed by atoms with Crippen molar-refractivity contribution >= 4 is 39.9 Å². The summed E-state index contributed by atoms with van der Waals surface area (Å²) in [6.07, 6.45) is 4.58. The SMILES string of the molecule is CCn1ncc2c(N3CC4CCC(C3)O4)nc(-c3ccc(NC(=O)Nc4ccc(N5CCNCC5)cc4)cc3)nc21. The first-order chi connectivity index (χ1) is 20.1. The molecule has 0 aliphatic carbocycles. The van der Waals surface area contributed by atoms with Crippen molar-refractivity contribution in [2.24, 2.45) is 0 Å². The Bertz CT molecular complexity index is 1520. The van der Waals surface area contributed by atoms with Crippen LogP contribution < -0.4 is 25.8 Å². The molecule has 212 valence electrons. The quantitative estimate of drug-likeness (QED) is 0.329. The second-order valence-electron chi connectivity index (χ2n) is 10.9. The van der Waals surface area contributed by atoms with E-state index in [1.54, 1.807) is 0 Å². The zero-order valence-electron chi connectivity index (χ0n) is 23.2. The molecule has 3 saturated heterocycles. The number of aromatic nitrogens is 4. The predicted molar refractivity (Wildman–Crippen MR) is 161 cm³/mol. The Balaban J connectivity index is 1.06. The lowest BCUT2D eigenvalue weighted by atomic mass is 10.2. The number of urea groups is 1. The van der Waals surface area contributed by atoms with E-state index >= 15 is 0 Å². The van der Waals surface area contributed by atoms with Gasteiger partial charge in [-0.1, -0.05) is 0 Å². The van der Waals surface area contributed by atoms with Crippen LogP contribution in [0.3, 0.4) is 0 Å². The molecular weight excluding hydrogens is 518 g/mol. The van der Waals surface area contributed by atoms with Crippen LogP contribution in [0.4, 0.5) is 27.7 Å². The van der Waals surface area contributed by atoms with Gasteiger partial charge in [0.05, 0.1) is 23.8 Å². The number of morpholine rings is 1. The maximum absolute atomic E-state index is 12.7. The van der Waals surface area contributed by atoms with E-state index < -0.39 is 0 Å². The molecule has 7 rings (SSSR count). The zero-order valence-corrected chi connectivity index (χ0v) is 23.2. The molecule has 3 N–H and O–H groups in total. The van der Waals surface area contributed by atoms with Gasteiger partial charge in [-0.05, 0) is 68.3 Å². The number of hydrogen-bond acceptors (Lipinski definition) is 8. The highest BCUT2D eigenvalue weighted by atomic mass is 16.5. The smallest absolute Gasteiger partial charge is 0.323 e. The molecule has 5 heterocycles. The molecule has 2 unspecified atom stereocenters. The van der Waals surface area contributed by atoms with Crippen molar-refractivity contribution in [1.82, 2.24) is 25.1 Å². The zero-order chi connectivity index (χ0) is 27.8. The van der Waals surface area contributed by atoms with Crippen molar-refractivity contribution in [2.75, 3.05) is 59.7 Å². The Labute approximate surface area is 238 Å². The Hall–Kier alpha value is -4.22. The maximum atomic E-state index is 12.7. The molecule has 2 aromatic carbocycles. The summed E-state index contributed by atoms with van der Waals surface area (Å²) in [6.45, 7) is 8.40. The second kappa shape index (κ2) is 11.0. The van der Waals surface area contributed by atoms with E-state index in [0.717, 1.165) is 86.8 Å². The number of anilines is 4. The summed E-state index contributed by atoms with van der Waals surface area (Å²) in [5.41, 5.74) is 4.31. The summed E-state index contributed by atoms with van der Waals surface area (Å²) in [6, 6.07) is 15.3. The summed E-state index contributed by atoms with van der Waals surface area (Å²) in [4.78, 5) is 27.3. The maximum Gasteiger partial charge on any atom is 0.323 e. The van der Waals surface area contributed by atoms with Gasteiger partial charge in [0.25, 0.3) is 0 Å². The van der Waals surface area contributed by atoms with Crippen molar-refractivity contribution in [3.63, 3.8) is 0 Å². The van der Waals surface area contributed by atoms with Crippen LogP contribution in [-0.2, 0) is 11.3 Å². The number of fused-ring (bicyclic) bond motifs is 3. The average Bonchev–Trinajstić information content (AvgIpc) is 3.59. The molecule has 11 nitrogen and oxygen atoms in total. The Morgan fingerprint density at radius 3 is 2.24 bits per heavy atom. The van der Waals surface area contributed by atoms with Crippen molar-refractivity contribution in [1.29, 1.82) is 0 Å². The number of amides is 2. The lowest BCUT2D eigenvalue weighted by Gasteiger charge is -2.33. The lowest BCUT2D eigenvalue weighted by Crippen LogP contribution is -2.43.